The van der Waals surface area contributed by atoms with Gasteiger partial charge in [-0.3, -0.25) is 0 Å². The first-order valence-corrected chi connectivity index (χ1v) is 12.8. The molecule has 3 aromatic rings. The van der Waals surface area contributed by atoms with Crippen LogP contribution in [0.1, 0.15) is 37.8 Å². The minimum Gasteiger partial charge on any atom is -0.386 e. The standard InChI is InChI=1S/C25H28N4S2/c1-17(2)29-16-27-24-22(26-12-10-18-11-13-30-14-18)8-5-7-21(28-25(24)29)20-15-31-23-9-4-3-6-19(20)23/h3-4,6-7,9,11,13-15,17,26-27H,5,8,10,12,16H2,1-2H3. The smallest absolute Gasteiger partial charge is 0.156 e. The third-order valence-electron chi connectivity index (χ3n) is 5.89. The van der Waals surface area contributed by atoms with Crippen molar-refractivity contribution in [2.45, 2.75) is 39.2 Å². The first-order valence-electron chi connectivity index (χ1n) is 10.9. The van der Waals surface area contributed by atoms with Gasteiger partial charge in [0.25, 0.3) is 0 Å². The van der Waals surface area contributed by atoms with E-state index in [4.69, 9.17) is 4.99 Å². The summed E-state index contributed by atoms with van der Waals surface area (Å²) in [5.74, 6) is 1.06. The first-order chi connectivity index (χ1) is 15.2. The highest BCUT2D eigenvalue weighted by Crippen LogP contribution is 2.34. The van der Waals surface area contributed by atoms with Gasteiger partial charge >= 0.3 is 0 Å². The number of nitrogens with one attached hydrogen (secondary N) is 2. The summed E-state index contributed by atoms with van der Waals surface area (Å²) in [7, 11) is 0. The minimum atomic E-state index is 0.385. The third-order valence-corrected chi connectivity index (χ3v) is 7.59. The molecule has 4 nitrogen and oxygen atoms in total. The molecule has 0 amide bonds. The number of hydrogen-bond donors (Lipinski definition) is 2. The number of aliphatic imine (C=N–C) groups is 1. The van der Waals surface area contributed by atoms with E-state index in [1.807, 2.05) is 0 Å². The summed E-state index contributed by atoms with van der Waals surface area (Å²) < 4.78 is 1.32. The van der Waals surface area contributed by atoms with E-state index in [1.54, 1.807) is 22.7 Å². The van der Waals surface area contributed by atoms with Crippen molar-refractivity contribution in [3.63, 3.8) is 0 Å². The second-order valence-electron chi connectivity index (χ2n) is 8.27. The molecule has 0 radical (unpaired) electrons. The number of benzene rings is 1. The monoisotopic (exact) mass is 448 g/mol. The quantitative estimate of drug-likeness (QED) is 0.500. The van der Waals surface area contributed by atoms with Gasteiger partial charge in [0.15, 0.2) is 5.84 Å². The van der Waals surface area contributed by atoms with E-state index >= 15 is 0 Å². The Bertz CT molecular complexity index is 1150. The molecule has 0 saturated carbocycles. The van der Waals surface area contributed by atoms with Gasteiger partial charge in [0, 0.05) is 39.3 Å². The van der Waals surface area contributed by atoms with Crippen LogP contribution >= 0.6 is 22.7 Å². The SMILES string of the molecule is CC(C)N1CNC2=C(NCCc3ccsc3)CCC=C(c3csc4ccccc34)N=C21. The zero-order valence-corrected chi connectivity index (χ0v) is 19.7. The predicted molar refractivity (Wildman–Crippen MR) is 135 cm³/mol. The lowest BCUT2D eigenvalue weighted by Crippen LogP contribution is -2.33. The Labute approximate surface area is 192 Å². The average Bonchev–Trinajstić information content (AvgIpc) is 3.50. The highest BCUT2D eigenvalue weighted by molar-refractivity contribution is 7.17. The zero-order chi connectivity index (χ0) is 21.2. The van der Waals surface area contributed by atoms with Gasteiger partial charge in [-0.05, 0) is 61.6 Å². The molecular formula is C25H28N4S2. The lowest BCUT2D eigenvalue weighted by Gasteiger charge is -2.23. The van der Waals surface area contributed by atoms with Crippen molar-refractivity contribution in [3.8, 4) is 0 Å². The molecule has 0 bridgehead atoms. The van der Waals surface area contributed by atoms with Gasteiger partial charge in [-0.25, -0.2) is 4.99 Å². The summed E-state index contributed by atoms with van der Waals surface area (Å²) >= 11 is 3.56. The first kappa shape index (κ1) is 20.3. The van der Waals surface area contributed by atoms with Crippen LogP contribution in [-0.4, -0.2) is 30.0 Å². The van der Waals surface area contributed by atoms with Gasteiger partial charge in [-0.15, -0.1) is 11.3 Å². The molecule has 160 valence electrons. The number of allylic oxidation sites excluding steroid dienone is 2. The van der Waals surface area contributed by atoms with Crippen molar-refractivity contribution >= 4 is 44.3 Å². The van der Waals surface area contributed by atoms with E-state index in [0.717, 1.165) is 44.0 Å². The summed E-state index contributed by atoms with van der Waals surface area (Å²) in [5, 5.41) is 15.3. The van der Waals surface area contributed by atoms with Crippen LogP contribution in [0, 0.1) is 0 Å². The highest BCUT2D eigenvalue weighted by Gasteiger charge is 2.29. The number of rotatable bonds is 6. The fourth-order valence-electron chi connectivity index (χ4n) is 4.20. The molecule has 4 heterocycles. The van der Waals surface area contributed by atoms with Gasteiger partial charge in [0.2, 0.25) is 0 Å². The van der Waals surface area contributed by atoms with Crippen LogP contribution in [0.15, 0.2) is 68.9 Å². The molecule has 2 aliphatic heterocycles. The summed E-state index contributed by atoms with van der Waals surface area (Å²) in [5.41, 5.74) is 6.19. The molecule has 5 rings (SSSR count). The van der Waals surface area contributed by atoms with E-state index in [9.17, 15) is 0 Å². The van der Waals surface area contributed by atoms with Crippen molar-refractivity contribution in [1.29, 1.82) is 0 Å². The maximum absolute atomic E-state index is 5.25. The molecule has 2 N–H and O–H groups in total. The molecule has 2 aliphatic rings. The van der Waals surface area contributed by atoms with E-state index in [1.165, 1.54) is 32.6 Å². The maximum atomic E-state index is 5.25. The van der Waals surface area contributed by atoms with Gasteiger partial charge in [-0.1, -0.05) is 24.3 Å². The second-order valence-corrected chi connectivity index (χ2v) is 9.96. The van der Waals surface area contributed by atoms with Crippen LogP contribution in [0.3, 0.4) is 0 Å². The fraction of sp³-hybridized carbons (Fsp3) is 0.320. The van der Waals surface area contributed by atoms with E-state index in [-0.39, 0.29) is 0 Å². The number of nitrogens with zero attached hydrogens (tertiary/aromatic N) is 2. The van der Waals surface area contributed by atoms with Crippen LogP contribution < -0.4 is 10.6 Å². The fourth-order valence-corrected chi connectivity index (χ4v) is 5.86. The van der Waals surface area contributed by atoms with Crippen molar-refractivity contribution in [2.75, 3.05) is 13.2 Å². The molecule has 0 unspecified atom stereocenters. The van der Waals surface area contributed by atoms with Crippen LogP contribution in [-0.2, 0) is 6.42 Å². The molecule has 1 fully saturated rings. The normalized spacial score (nSPS) is 16.7. The van der Waals surface area contributed by atoms with Crippen molar-refractivity contribution in [1.82, 2.24) is 15.5 Å². The van der Waals surface area contributed by atoms with Gasteiger partial charge in [-0.2, -0.15) is 11.3 Å². The Morgan fingerprint density at radius 3 is 2.94 bits per heavy atom. The number of hydrogen-bond acceptors (Lipinski definition) is 6. The summed E-state index contributed by atoms with van der Waals surface area (Å²) in [6.07, 6.45) is 5.32. The van der Waals surface area contributed by atoms with Gasteiger partial charge in [0.1, 0.15) is 0 Å². The van der Waals surface area contributed by atoms with Crippen LogP contribution in [0.2, 0.25) is 0 Å². The minimum absolute atomic E-state index is 0.385. The Kier molecular flexibility index (Phi) is 5.83. The molecule has 0 aliphatic carbocycles. The van der Waals surface area contributed by atoms with Crippen molar-refractivity contribution in [2.24, 2.45) is 4.99 Å². The Hall–Kier alpha value is -2.57. The molecule has 1 saturated heterocycles. The Morgan fingerprint density at radius 1 is 1.19 bits per heavy atom. The molecule has 1 aromatic carbocycles. The average molecular weight is 449 g/mol. The molecule has 2 aromatic heterocycles. The van der Waals surface area contributed by atoms with E-state index in [0.29, 0.717) is 6.04 Å². The van der Waals surface area contributed by atoms with Crippen LogP contribution in [0.4, 0.5) is 0 Å². The van der Waals surface area contributed by atoms with E-state index < -0.39 is 0 Å². The molecule has 0 atom stereocenters. The van der Waals surface area contributed by atoms with Crippen LogP contribution in [0.5, 0.6) is 0 Å². The van der Waals surface area contributed by atoms with Gasteiger partial charge in [0.05, 0.1) is 18.1 Å². The summed E-state index contributed by atoms with van der Waals surface area (Å²) in [6, 6.07) is 11.2. The maximum Gasteiger partial charge on any atom is 0.156 e. The highest BCUT2D eigenvalue weighted by atomic mass is 32.1. The zero-order valence-electron chi connectivity index (χ0n) is 18.0. The predicted octanol–water partition coefficient (Wildman–Crippen LogP) is 5.81. The Morgan fingerprint density at radius 2 is 2.10 bits per heavy atom. The molecule has 31 heavy (non-hydrogen) atoms. The lowest BCUT2D eigenvalue weighted by atomic mass is 10.1. The third kappa shape index (κ3) is 4.14. The van der Waals surface area contributed by atoms with E-state index in [2.05, 4.69) is 81.9 Å². The largest absolute Gasteiger partial charge is 0.386 e. The second kappa shape index (κ2) is 8.89. The summed E-state index contributed by atoms with van der Waals surface area (Å²) in [6.45, 7) is 6.22. The topological polar surface area (TPSA) is 39.7 Å². The van der Waals surface area contributed by atoms with Crippen LogP contribution in [0.25, 0.3) is 15.8 Å². The summed E-state index contributed by atoms with van der Waals surface area (Å²) in [4.78, 5) is 7.62. The van der Waals surface area contributed by atoms with Crippen molar-refractivity contribution in [3.05, 3.63) is 75.1 Å². The number of amidine groups is 1. The van der Waals surface area contributed by atoms with Crippen molar-refractivity contribution < 1.29 is 0 Å². The molecular weight excluding hydrogens is 420 g/mol. The molecule has 0 spiro atoms. The number of thiophene rings is 2. The Balaban J connectivity index is 1.48. The lowest BCUT2D eigenvalue weighted by molar-refractivity contribution is 0.365. The molecule has 6 heteroatoms. The number of fused-ring (bicyclic) bond motifs is 2. The van der Waals surface area contributed by atoms with Gasteiger partial charge < -0.3 is 15.5 Å².